The Labute approximate surface area is 223 Å². The van der Waals surface area contributed by atoms with Crippen molar-refractivity contribution in [3.63, 3.8) is 0 Å². The Kier molecular flexibility index (Phi) is 11.3. The molecule has 0 fully saturated rings. The van der Waals surface area contributed by atoms with Gasteiger partial charge in [0.25, 0.3) is 0 Å². The number of unbranched alkanes of at least 4 members (excludes halogenated alkanes) is 1. The van der Waals surface area contributed by atoms with Crippen molar-refractivity contribution >= 4 is 50.7 Å². The molecule has 2 aromatic carbocycles. The second-order valence-corrected chi connectivity index (χ2v) is 11.0. The maximum absolute atomic E-state index is 13.6. The molecule has 0 aliphatic heterocycles. The summed E-state index contributed by atoms with van der Waals surface area (Å²) >= 11 is 12.2. The van der Waals surface area contributed by atoms with E-state index in [1.807, 2.05) is 6.92 Å². The number of sulfonamides is 1. The molecule has 36 heavy (non-hydrogen) atoms. The standard InChI is InChI=1S/C25H33Cl2N3O5S/c1-5-7-14-28-25(32)23(6-2)29(16-18-8-13-21(26)22(27)15-18)24(31)17-30(36(4,33)34)19-9-11-20(35-3)12-10-19/h8-13,15,23H,5-7,14,16-17H2,1-4H3,(H,28,32). The molecule has 0 spiro atoms. The van der Waals surface area contributed by atoms with E-state index < -0.39 is 28.5 Å². The van der Waals surface area contributed by atoms with Gasteiger partial charge >= 0.3 is 0 Å². The molecule has 198 valence electrons. The summed E-state index contributed by atoms with van der Waals surface area (Å²) in [7, 11) is -2.31. The Balaban J connectivity index is 2.42. The highest BCUT2D eigenvalue weighted by atomic mass is 35.5. The van der Waals surface area contributed by atoms with Gasteiger partial charge in [-0.05, 0) is 54.8 Å². The quantitative estimate of drug-likeness (QED) is 0.366. The van der Waals surface area contributed by atoms with Gasteiger partial charge in [-0.15, -0.1) is 0 Å². The molecule has 2 amide bonds. The number of carbonyl (C=O) groups excluding carboxylic acids is 2. The van der Waals surface area contributed by atoms with E-state index in [4.69, 9.17) is 27.9 Å². The lowest BCUT2D eigenvalue weighted by Crippen LogP contribution is -2.52. The topological polar surface area (TPSA) is 96.0 Å². The van der Waals surface area contributed by atoms with Crippen molar-refractivity contribution in [2.45, 2.75) is 45.7 Å². The summed E-state index contributed by atoms with van der Waals surface area (Å²) in [6.45, 7) is 3.88. The molecule has 0 saturated heterocycles. The van der Waals surface area contributed by atoms with Crippen LogP contribution in [0, 0.1) is 0 Å². The zero-order chi connectivity index (χ0) is 26.9. The summed E-state index contributed by atoms with van der Waals surface area (Å²) in [6, 6.07) is 10.5. The third-order valence-corrected chi connectivity index (χ3v) is 7.47. The molecule has 8 nitrogen and oxygen atoms in total. The van der Waals surface area contributed by atoms with Crippen molar-refractivity contribution in [1.82, 2.24) is 10.2 Å². The smallest absolute Gasteiger partial charge is 0.244 e. The average molecular weight is 559 g/mol. The van der Waals surface area contributed by atoms with Crippen LogP contribution >= 0.6 is 23.2 Å². The van der Waals surface area contributed by atoms with Gasteiger partial charge in [-0.2, -0.15) is 0 Å². The number of nitrogens with one attached hydrogen (secondary N) is 1. The fraction of sp³-hybridized carbons (Fsp3) is 0.440. The normalized spacial score (nSPS) is 12.1. The van der Waals surface area contributed by atoms with Gasteiger partial charge in [0.2, 0.25) is 21.8 Å². The molecular formula is C25H33Cl2N3O5S. The van der Waals surface area contributed by atoms with Gasteiger partial charge in [0, 0.05) is 13.1 Å². The van der Waals surface area contributed by atoms with Crippen molar-refractivity contribution < 1.29 is 22.7 Å². The number of amides is 2. The highest BCUT2D eigenvalue weighted by molar-refractivity contribution is 7.92. The summed E-state index contributed by atoms with van der Waals surface area (Å²) < 4.78 is 31.4. The molecule has 0 heterocycles. The van der Waals surface area contributed by atoms with Crippen LogP contribution in [-0.4, -0.2) is 57.6 Å². The molecule has 1 atom stereocenters. The van der Waals surface area contributed by atoms with Crippen LogP contribution in [0.25, 0.3) is 0 Å². The van der Waals surface area contributed by atoms with Crippen LogP contribution in [0.5, 0.6) is 5.75 Å². The van der Waals surface area contributed by atoms with Crippen LogP contribution in [0.15, 0.2) is 42.5 Å². The van der Waals surface area contributed by atoms with Gasteiger partial charge < -0.3 is 15.0 Å². The number of methoxy groups -OCH3 is 1. The number of benzene rings is 2. The predicted octanol–water partition coefficient (Wildman–Crippen LogP) is 4.49. The summed E-state index contributed by atoms with van der Waals surface area (Å²) in [5, 5.41) is 3.56. The third kappa shape index (κ3) is 8.28. The predicted molar refractivity (Wildman–Crippen MR) is 144 cm³/mol. The molecular weight excluding hydrogens is 525 g/mol. The van der Waals surface area contributed by atoms with Crippen LogP contribution in [0.3, 0.4) is 0 Å². The van der Waals surface area contributed by atoms with Crippen LogP contribution in [0.4, 0.5) is 5.69 Å². The highest BCUT2D eigenvalue weighted by Gasteiger charge is 2.31. The number of hydrogen-bond donors (Lipinski definition) is 1. The minimum absolute atomic E-state index is 0.0512. The van der Waals surface area contributed by atoms with Gasteiger partial charge in [-0.1, -0.05) is 49.5 Å². The number of ether oxygens (including phenoxy) is 1. The van der Waals surface area contributed by atoms with E-state index in [1.165, 1.54) is 12.0 Å². The zero-order valence-corrected chi connectivity index (χ0v) is 23.3. The van der Waals surface area contributed by atoms with Gasteiger partial charge in [-0.25, -0.2) is 8.42 Å². The minimum Gasteiger partial charge on any atom is -0.497 e. The lowest BCUT2D eigenvalue weighted by atomic mass is 10.1. The van der Waals surface area contributed by atoms with E-state index in [9.17, 15) is 18.0 Å². The zero-order valence-electron chi connectivity index (χ0n) is 21.0. The van der Waals surface area contributed by atoms with E-state index in [2.05, 4.69) is 5.32 Å². The maximum Gasteiger partial charge on any atom is 0.244 e. The number of halogens is 2. The van der Waals surface area contributed by atoms with E-state index in [0.717, 1.165) is 23.4 Å². The number of nitrogens with zero attached hydrogens (tertiary/aromatic N) is 2. The molecule has 0 radical (unpaired) electrons. The lowest BCUT2D eigenvalue weighted by molar-refractivity contribution is -0.140. The van der Waals surface area contributed by atoms with Gasteiger partial charge in [-0.3, -0.25) is 13.9 Å². The number of anilines is 1. The maximum atomic E-state index is 13.6. The largest absolute Gasteiger partial charge is 0.497 e. The first-order valence-corrected chi connectivity index (χ1v) is 14.2. The van der Waals surface area contributed by atoms with E-state index in [-0.39, 0.29) is 12.5 Å². The third-order valence-electron chi connectivity index (χ3n) is 5.59. The number of hydrogen-bond acceptors (Lipinski definition) is 5. The van der Waals surface area contributed by atoms with E-state index in [0.29, 0.717) is 40.0 Å². The van der Waals surface area contributed by atoms with Gasteiger partial charge in [0.1, 0.15) is 18.3 Å². The molecule has 2 rings (SSSR count). The summed E-state index contributed by atoms with van der Waals surface area (Å²) in [4.78, 5) is 28.1. The molecule has 1 N–H and O–H groups in total. The van der Waals surface area contributed by atoms with Crippen molar-refractivity contribution in [3.8, 4) is 5.75 Å². The average Bonchev–Trinajstić information content (AvgIpc) is 2.84. The Morgan fingerprint density at radius 3 is 2.25 bits per heavy atom. The fourth-order valence-electron chi connectivity index (χ4n) is 3.62. The molecule has 0 aliphatic carbocycles. The van der Waals surface area contributed by atoms with Gasteiger partial charge in [0.15, 0.2) is 0 Å². The van der Waals surface area contributed by atoms with Crippen LogP contribution in [0.1, 0.15) is 38.7 Å². The second-order valence-electron chi connectivity index (χ2n) is 8.31. The SMILES string of the molecule is CCCCNC(=O)C(CC)N(Cc1ccc(Cl)c(Cl)c1)C(=O)CN(c1ccc(OC)cc1)S(C)(=O)=O. The number of rotatable bonds is 13. The Bertz CT molecular complexity index is 1140. The van der Waals surface area contributed by atoms with Gasteiger partial charge in [0.05, 0.1) is 29.1 Å². The van der Waals surface area contributed by atoms with Crippen molar-refractivity contribution in [1.29, 1.82) is 0 Å². The Hall–Kier alpha value is -2.49. The molecule has 0 bridgehead atoms. The molecule has 0 aliphatic rings. The van der Waals surface area contributed by atoms with Crippen LogP contribution in [0.2, 0.25) is 10.0 Å². The summed E-state index contributed by atoms with van der Waals surface area (Å²) in [6.07, 6.45) is 3.09. The first-order chi connectivity index (χ1) is 17.0. The molecule has 11 heteroatoms. The first kappa shape index (κ1) is 29.7. The fourth-order valence-corrected chi connectivity index (χ4v) is 4.79. The molecule has 0 aromatic heterocycles. The van der Waals surface area contributed by atoms with E-state index in [1.54, 1.807) is 49.4 Å². The minimum atomic E-state index is -3.82. The summed E-state index contributed by atoms with van der Waals surface area (Å²) in [5.41, 5.74) is 0.967. The van der Waals surface area contributed by atoms with Crippen molar-refractivity contribution in [2.75, 3.05) is 30.8 Å². The lowest BCUT2D eigenvalue weighted by Gasteiger charge is -2.33. The second kappa shape index (κ2) is 13.7. The van der Waals surface area contributed by atoms with Crippen molar-refractivity contribution in [2.24, 2.45) is 0 Å². The highest BCUT2D eigenvalue weighted by Crippen LogP contribution is 2.25. The molecule has 1 unspecified atom stereocenters. The molecule has 2 aromatic rings. The Morgan fingerprint density at radius 1 is 1.06 bits per heavy atom. The monoisotopic (exact) mass is 557 g/mol. The van der Waals surface area contributed by atoms with Crippen LogP contribution in [-0.2, 0) is 26.2 Å². The van der Waals surface area contributed by atoms with Crippen LogP contribution < -0.4 is 14.4 Å². The number of carbonyl (C=O) groups is 2. The first-order valence-electron chi connectivity index (χ1n) is 11.6. The Morgan fingerprint density at radius 2 is 1.72 bits per heavy atom. The van der Waals surface area contributed by atoms with Crippen molar-refractivity contribution in [3.05, 3.63) is 58.1 Å². The van der Waals surface area contributed by atoms with E-state index >= 15 is 0 Å². The molecule has 0 saturated carbocycles. The summed E-state index contributed by atoms with van der Waals surface area (Å²) in [5.74, 6) is -0.274.